The first kappa shape index (κ1) is 77.8. The van der Waals surface area contributed by atoms with Gasteiger partial charge in [0.05, 0.1) is 31.8 Å². The lowest BCUT2D eigenvalue weighted by molar-refractivity contribution is -0.169. The Morgan fingerprint density at radius 1 is 0.400 bits per heavy atom. The molecule has 0 aromatic heterocycles. The summed E-state index contributed by atoms with van der Waals surface area (Å²) in [5.74, 6) is 3.54. The van der Waals surface area contributed by atoms with E-state index in [1.165, 1.54) is 168 Å². The number of esters is 4. The molecule has 0 atom stereocenters. The minimum absolute atomic E-state index is 0.144. The van der Waals surface area contributed by atoms with E-state index in [9.17, 15) is 24.0 Å². The Hall–Kier alpha value is -3.65. The van der Waals surface area contributed by atoms with Gasteiger partial charge >= 0.3 is 29.8 Å². The summed E-state index contributed by atoms with van der Waals surface area (Å²) in [4.78, 5) is 58.9. The number of aliphatic hydroxyl groups excluding tert-OH is 4. The Bertz CT molecular complexity index is 1460. The molecule has 0 saturated carbocycles. The van der Waals surface area contributed by atoms with E-state index in [-0.39, 0.29) is 38.4 Å². The van der Waals surface area contributed by atoms with Gasteiger partial charge in [-0.25, -0.2) is 0 Å². The monoisotopic (exact) mass is 1130 g/mol. The van der Waals surface area contributed by atoms with E-state index in [4.69, 9.17) is 59.0 Å². The summed E-state index contributed by atoms with van der Waals surface area (Å²) >= 11 is 3.01. The zero-order chi connectivity index (χ0) is 57.3. The summed E-state index contributed by atoms with van der Waals surface area (Å²) in [6.07, 6.45) is 53.4. The fourth-order valence-corrected chi connectivity index (χ4v) is 6.99. The number of aliphatic carboxylic acids is 1. The number of hydrogen-bond acceptors (Lipinski definition) is 13. The Labute approximate surface area is 463 Å². The van der Waals surface area contributed by atoms with Crippen molar-refractivity contribution in [3.8, 4) is 37.0 Å². The van der Waals surface area contributed by atoms with Crippen molar-refractivity contribution in [3.63, 3.8) is 0 Å². The minimum Gasteiger partial charge on any atom is -0.481 e. The third-order valence-corrected chi connectivity index (χ3v) is 12.9. The Kier molecular flexibility index (Phi) is 58.7. The number of carboxylic acids is 1. The number of unbranched alkanes of at least 4 members (excludes halogenated alkanes) is 28. The smallest absolute Gasteiger partial charge is 0.319 e. The van der Waals surface area contributed by atoms with Gasteiger partial charge in [0.2, 0.25) is 0 Å². The molecule has 0 aliphatic rings. The molecule has 0 aliphatic carbocycles. The highest BCUT2D eigenvalue weighted by Gasteiger charge is 2.39. The second kappa shape index (κ2) is 56.6. The zero-order valence-corrected chi connectivity index (χ0v) is 49.1. The fourth-order valence-electron chi connectivity index (χ4n) is 6.99. The molecule has 0 rings (SSSR count). The number of hydrogen-bond donors (Lipinski definition) is 5. The Balaban J connectivity index is -0.000000816. The molecular weight excluding hydrogens is 1020 g/mol. The van der Waals surface area contributed by atoms with Gasteiger partial charge in [-0.1, -0.05) is 227 Å². The van der Waals surface area contributed by atoms with E-state index in [1.807, 2.05) is 0 Å². The van der Waals surface area contributed by atoms with Crippen molar-refractivity contribution in [2.75, 3.05) is 58.2 Å². The van der Waals surface area contributed by atoms with E-state index in [0.29, 0.717) is 18.2 Å². The maximum atomic E-state index is 12.8. The molecule has 0 fully saturated rings. The van der Waals surface area contributed by atoms with Crippen LogP contribution in [0.3, 0.4) is 0 Å². The average molecular weight is 1130 g/mol. The first-order chi connectivity index (χ1) is 36.0. The van der Waals surface area contributed by atoms with Gasteiger partial charge in [-0.2, -0.15) is 0 Å². The Morgan fingerprint density at radius 2 is 0.640 bits per heavy atom. The molecule has 0 saturated heterocycles. The van der Waals surface area contributed by atoms with Gasteiger partial charge in [-0.05, 0) is 33.6 Å². The van der Waals surface area contributed by atoms with Crippen LogP contribution in [0.2, 0.25) is 0 Å². The predicted octanol–water partition coefficient (Wildman–Crippen LogP) is 12.0. The minimum atomic E-state index is -1.39. The molecule has 75 heavy (non-hydrogen) atoms. The largest absolute Gasteiger partial charge is 0.481 e. The van der Waals surface area contributed by atoms with Crippen molar-refractivity contribution in [1.29, 1.82) is 0 Å². The van der Waals surface area contributed by atoms with E-state index < -0.39 is 60.6 Å². The first-order valence-corrected chi connectivity index (χ1v) is 29.3. The number of carbonyl (C=O) groups excluding carboxylic acids is 4. The molecular formula is C60H105BrO14. The van der Waals surface area contributed by atoms with E-state index >= 15 is 0 Å². The quantitative estimate of drug-likeness (QED) is 0.0126. The summed E-state index contributed by atoms with van der Waals surface area (Å²) < 4.78 is 20.6. The highest BCUT2D eigenvalue weighted by Crippen LogP contribution is 2.23. The van der Waals surface area contributed by atoms with Crippen molar-refractivity contribution in [2.24, 2.45) is 16.2 Å². The second-order valence-corrected chi connectivity index (χ2v) is 20.8. The third-order valence-electron chi connectivity index (χ3n) is 12.6. The molecule has 0 heterocycles. The topological polar surface area (TPSA) is 223 Å². The lowest BCUT2D eigenvalue weighted by atomic mass is 9.93. The van der Waals surface area contributed by atoms with Gasteiger partial charge in [0.15, 0.2) is 13.2 Å². The predicted molar refractivity (Wildman–Crippen MR) is 304 cm³/mol. The molecule has 0 unspecified atom stereocenters. The van der Waals surface area contributed by atoms with Crippen molar-refractivity contribution in [1.82, 2.24) is 0 Å². The number of terminal acetylenes is 3. The number of carboxylic acid groups (broad SMARTS) is 1. The Morgan fingerprint density at radius 3 is 0.840 bits per heavy atom. The lowest BCUT2D eigenvalue weighted by Crippen LogP contribution is -2.40. The maximum absolute atomic E-state index is 12.8. The van der Waals surface area contributed by atoms with Gasteiger partial charge in [-0.15, -0.1) is 19.3 Å². The summed E-state index contributed by atoms with van der Waals surface area (Å²) in [6, 6.07) is 0. The maximum Gasteiger partial charge on any atom is 0.319 e. The molecule has 0 radical (unpaired) electrons. The van der Waals surface area contributed by atoms with Gasteiger partial charge < -0.3 is 44.5 Å². The fraction of sp³-hybridized carbons (Fsp3) is 0.817. The third kappa shape index (κ3) is 49.7. The summed E-state index contributed by atoms with van der Waals surface area (Å²) in [5.41, 5.74) is -3.94. The van der Waals surface area contributed by atoms with Crippen molar-refractivity contribution in [3.05, 3.63) is 0 Å². The van der Waals surface area contributed by atoms with E-state index in [1.54, 1.807) is 6.92 Å². The molecule has 14 nitrogen and oxygen atoms in total. The molecule has 0 aliphatic heterocycles. The normalized spacial score (nSPS) is 10.9. The molecule has 0 bridgehead atoms. The van der Waals surface area contributed by atoms with Gasteiger partial charge in [-0.3, -0.25) is 24.0 Å². The van der Waals surface area contributed by atoms with Crippen LogP contribution in [0.4, 0.5) is 0 Å². The number of alkyl halides is 1. The molecule has 0 spiro atoms. The summed E-state index contributed by atoms with van der Waals surface area (Å²) in [7, 11) is 0. The van der Waals surface area contributed by atoms with Crippen molar-refractivity contribution < 1.29 is 68.5 Å². The van der Waals surface area contributed by atoms with Crippen LogP contribution in [0.25, 0.3) is 0 Å². The standard InChI is InChI=1S/C44H80O6.C8H12O4.C5H10O4.C3H3Br/c1-5-8-10-12-14-16-18-20-22-24-26-28-30-32-34-36-41(45)49-39-44(4,43(47)48-38-7-3)40-50-42(46)37-35-33-31-29-27-25-23-21-19-17-15-13-11-9-6-2;1-3-4-12-7(11)8(2,5-9)6-10;1-5(2-6,3-7)4(8)9;1-2-3-4/h3H,5-6,8-40H2,1-2,4H3;1,9-10H,4-6H2,2H3;6-7H,2-3H2,1H3,(H,8,9);1H,3H2. The first-order valence-electron chi connectivity index (χ1n) is 28.2. The second-order valence-electron chi connectivity index (χ2n) is 20.2. The number of aliphatic hydroxyl groups is 4. The van der Waals surface area contributed by atoms with E-state index in [2.05, 4.69) is 52.3 Å². The van der Waals surface area contributed by atoms with Crippen LogP contribution in [0, 0.1) is 53.3 Å². The summed E-state index contributed by atoms with van der Waals surface area (Å²) in [6.45, 7) is 6.02. The molecule has 436 valence electrons. The van der Waals surface area contributed by atoms with Crippen LogP contribution in [-0.2, 0) is 42.9 Å². The van der Waals surface area contributed by atoms with Crippen LogP contribution < -0.4 is 0 Å². The van der Waals surface area contributed by atoms with Crippen molar-refractivity contribution in [2.45, 2.75) is 240 Å². The van der Waals surface area contributed by atoms with E-state index in [0.717, 1.165) is 38.5 Å². The average Bonchev–Trinajstić information content (AvgIpc) is 3.42. The van der Waals surface area contributed by atoms with Crippen LogP contribution in [0.1, 0.15) is 240 Å². The van der Waals surface area contributed by atoms with Crippen LogP contribution in [0.15, 0.2) is 0 Å². The summed E-state index contributed by atoms with van der Waals surface area (Å²) in [5, 5.41) is 43.3. The highest BCUT2D eigenvalue weighted by atomic mass is 79.9. The highest BCUT2D eigenvalue weighted by molar-refractivity contribution is 9.09. The number of ether oxygens (including phenoxy) is 4. The lowest BCUT2D eigenvalue weighted by Gasteiger charge is -2.26. The van der Waals surface area contributed by atoms with Crippen molar-refractivity contribution >= 4 is 45.8 Å². The molecule has 15 heteroatoms. The molecule has 0 aromatic rings. The van der Waals surface area contributed by atoms with Crippen LogP contribution in [-0.4, -0.2) is 114 Å². The molecule has 0 aromatic carbocycles. The SMILES string of the molecule is C#CCBr.C#CCOC(=O)C(C)(CO)CO.C#CCOC(=O)C(C)(COC(=O)CCCCCCCCCCCCCCCCC)COC(=O)CCCCCCCCCCCCCCCCC.CC(CO)(CO)C(=O)O. The number of rotatable bonds is 45. The zero-order valence-electron chi connectivity index (χ0n) is 47.5. The molecule has 0 amide bonds. The van der Waals surface area contributed by atoms with Crippen LogP contribution in [0.5, 0.6) is 0 Å². The van der Waals surface area contributed by atoms with Gasteiger partial charge in [0, 0.05) is 12.8 Å². The van der Waals surface area contributed by atoms with Gasteiger partial charge in [0.25, 0.3) is 0 Å². The number of halogens is 1. The molecule has 5 N–H and O–H groups in total. The van der Waals surface area contributed by atoms with Gasteiger partial charge in [0.1, 0.15) is 29.5 Å². The number of carbonyl (C=O) groups is 5. The van der Waals surface area contributed by atoms with Crippen LogP contribution >= 0.6 is 15.9 Å².